The van der Waals surface area contributed by atoms with Crippen LogP contribution in [0.1, 0.15) is 59.8 Å². The second-order valence-electron chi connectivity index (χ2n) is 8.81. The van der Waals surface area contributed by atoms with Gasteiger partial charge in [0.05, 0.1) is 16.1 Å². The van der Waals surface area contributed by atoms with Gasteiger partial charge in [-0.3, -0.25) is 4.79 Å². The van der Waals surface area contributed by atoms with E-state index in [2.05, 4.69) is 25.8 Å². The van der Waals surface area contributed by atoms with Crippen LogP contribution in [-0.4, -0.2) is 54.7 Å². The maximum absolute atomic E-state index is 13.0. The van der Waals surface area contributed by atoms with Crippen LogP contribution in [0.15, 0.2) is 35.4 Å². The van der Waals surface area contributed by atoms with E-state index < -0.39 is 10.0 Å². The first-order chi connectivity index (χ1) is 13.7. The molecule has 29 heavy (non-hydrogen) atoms. The van der Waals surface area contributed by atoms with Crippen LogP contribution in [0.4, 0.5) is 0 Å². The Balaban J connectivity index is 1.40. The van der Waals surface area contributed by atoms with Gasteiger partial charge in [0.15, 0.2) is 0 Å². The van der Waals surface area contributed by atoms with E-state index in [1.165, 1.54) is 15.6 Å². The van der Waals surface area contributed by atoms with Crippen LogP contribution in [0, 0.1) is 0 Å². The van der Waals surface area contributed by atoms with Gasteiger partial charge in [-0.25, -0.2) is 13.4 Å². The third-order valence-electron chi connectivity index (χ3n) is 5.54. The molecule has 6 nitrogen and oxygen atoms in total. The molecule has 0 unspecified atom stereocenters. The number of nitrogens with zero attached hydrogens (tertiary/aromatic N) is 3. The highest BCUT2D eigenvalue weighted by Gasteiger charge is 2.32. The highest BCUT2D eigenvalue weighted by molar-refractivity contribution is 7.89. The van der Waals surface area contributed by atoms with Gasteiger partial charge in [0, 0.05) is 32.1 Å². The van der Waals surface area contributed by atoms with Crippen molar-refractivity contribution in [1.29, 1.82) is 0 Å². The summed E-state index contributed by atoms with van der Waals surface area (Å²) >= 11 is 1.48. The largest absolute Gasteiger partial charge is 0.335 e. The van der Waals surface area contributed by atoms with Gasteiger partial charge in [-0.1, -0.05) is 32.9 Å². The molecule has 1 aliphatic heterocycles. The van der Waals surface area contributed by atoms with E-state index in [1.54, 1.807) is 23.2 Å². The summed E-state index contributed by atoms with van der Waals surface area (Å²) in [7, 11) is -3.55. The van der Waals surface area contributed by atoms with Crippen LogP contribution in [-0.2, 0) is 15.4 Å². The Kier molecular flexibility index (Phi) is 5.29. The third-order valence-corrected chi connectivity index (χ3v) is 8.61. The van der Waals surface area contributed by atoms with Crippen molar-refractivity contribution in [3.8, 4) is 0 Å². The second-order valence-corrected chi connectivity index (χ2v) is 11.8. The standard InChI is InChI=1S/C21H27N3O3S2/c1-21(2,3)16-6-8-17(9-7-16)29(26,27)24-12-10-23(11-13-24)20(25)18-14-22-19(28-18)15-4-5-15/h6-9,14-15H,4-5,10-13H2,1-3H3. The Morgan fingerprint density at radius 3 is 2.24 bits per heavy atom. The van der Waals surface area contributed by atoms with Gasteiger partial charge in [-0.2, -0.15) is 4.31 Å². The lowest BCUT2D eigenvalue weighted by Crippen LogP contribution is -2.50. The minimum Gasteiger partial charge on any atom is -0.335 e. The van der Waals surface area contributed by atoms with Gasteiger partial charge in [-0.15, -0.1) is 11.3 Å². The van der Waals surface area contributed by atoms with Crippen LogP contribution in [0.25, 0.3) is 0 Å². The summed E-state index contributed by atoms with van der Waals surface area (Å²) in [4.78, 5) is 19.8. The predicted molar refractivity (Wildman–Crippen MR) is 114 cm³/mol. The molecule has 2 fully saturated rings. The van der Waals surface area contributed by atoms with Crippen molar-refractivity contribution in [2.24, 2.45) is 0 Å². The molecule has 1 amide bonds. The Hall–Kier alpha value is -1.77. The number of aromatic nitrogens is 1. The fourth-order valence-electron chi connectivity index (χ4n) is 3.47. The second kappa shape index (κ2) is 7.49. The monoisotopic (exact) mass is 433 g/mol. The smallest absolute Gasteiger partial charge is 0.265 e. The lowest BCUT2D eigenvalue weighted by atomic mass is 9.87. The number of carbonyl (C=O) groups excluding carboxylic acids is 1. The topological polar surface area (TPSA) is 70.6 Å². The van der Waals surface area contributed by atoms with Gasteiger partial charge in [0.2, 0.25) is 10.0 Å². The van der Waals surface area contributed by atoms with Crippen LogP contribution in [0.5, 0.6) is 0 Å². The maximum Gasteiger partial charge on any atom is 0.265 e. The average Bonchev–Trinajstić information content (AvgIpc) is 3.44. The number of rotatable bonds is 4. The van der Waals surface area contributed by atoms with Gasteiger partial charge in [-0.05, 0) is 36.0 Å². The summed E-state index contributed by atoms with van der Waals surface area (Å²) in [5.41, 5.74) is 1.08. The SMILES string of the molecule is CC(C)(C)c1ccc(S(=O)(=O)N2CCN(C(=O)c3cnc(C4CC4)s3)CC2)cc1. The average molecular weight is 434 g/mol. The van der Waals surface area contributed by atoms with E-state index in [0.29, 0.717) is 41.9 Å². The molecule has 2 aliphatic rings. The molecule has 0 radical (unpaired) electrons. The lowest BCUT2D eigenvalue weighted by Gasteiger charge is -2.33. The van der Waals surface area contributed by atoms with Crippen LogP contribution < -0.4 is 0 Å². The van der Waals surface area contributed by atoms with E-state index in [1.807, 2.05) is 12.1 Å². The predicted octanol–water partition coefficient (Wildman–Crippen LogP) is 3.46. The first-order valence-corrected chi connectivity index (χ1v) is 12.3. The van der Waals surface area contributed by atoms with Gasteiger partial charge in [0.25, 0.3) is 5.91 Å². The quantitative estimate of drug-likeness (QED) is 0.740. The first kappa shape index (κ1) is 20.5. The number of benzene rings is 1. The van der Waals surface area contributed by atoms with Crippen molar-refractivity contribution < 1.29 is 13.2 Å². The summed E-state index contributed by atoms with van der Waals surface area (Å²) in [6.45, 7) is 7.72. The fourth-order valence-corrected chi connectivity index (χ4v) is 5.95. The summed E-state index contributed by atoms with van der Waals surface area (Å²) < 4.78 is 27.5. The molecule has 0 atom stereocenters. The van der Waals surface area contributed by atoms with Crippen molar-refractivity contribution in [2.45, 2.75) is 49.8 Å². The Labute approximate surface area is 176 Å². The van der Waals surface area contributed by atoms with E-state index in [0.717, 1.165) is 23.4 Å². The number of amides is 1. The van der Waals surface area contributed by atoms with Gasteiger partial charge >= 0.3 is 0 Å². The maximum atomic E-state index is 13.0. The summed E-state index contributed by atoms with van der Waals surface area (Å²) in [5.74, 6) is 0.495. The number of sulfonamides is 1. The summed E-state index contributed by atoms with van der Waals surface area (Å²) in [5, 5.41) is 1.05. The minimum absolute atomic E-state index is 0.0235. The Morgan fingerprint density at radius 1 is 1.07 bits per heavy atom. The van der Waals surface area contributed by atoms with Gasteiger partial charge < -0.3 is 4.90 Å². The van der Waals surface area contributed by atoms with E-state index >= 15 is 0 Å². The van der Waals surface area contributed by atoms with Crippen molar-refractivity contribution >= 4 is 27.3 Å². The van der Waals surface area contributed by atoms with Crippen molar-refractivity contribution in [1.82, 2.24) is 14.2 Å². The molecule has 4 rings (SSSR count). The molecular formula is C21H27N3O3S2. The fraction of sp³-hybridized carbons (Fsp3) is 0.524. The Bertz CT molecular complexity index is 995. The molecule has 1 saturated heterocycles. The number of carbonyl (C=O) groups is 1. The van der Waals surface area contributed by atoms with E-state index in [9.17, 15) is 13.2 Å². The third kappa shape index (κ3) is 4.25. The molecule has 156 valence electrons. The molecule has 0 spiro atoms. The first-order valence-electron chi connectivity index (χ1n) is 10.0. The van der Waals surface area contributed by atoms with Crippen molar-refractivity contribution in [2.75, 3.05) is 26.2 Å². The molecule has 8 heteroatoms. The van der Waals surface area contributed by atoms with E-state index in [4.69, 9.17) is 0 Å². The summed E-state index contributed by atoms with van der Waals surface area (Å²) in [6, 6.07) is 7.14. The zero-order valence-electron chi connectivity index (χ0n) is 17.1. The molecule has 1 aromatic carbocycles. The van der Waals surface area contributed by atoms with Crippen molar-refractivity contribution in [3.05, 3.63) is 45.9 Å². The van der Waals surface area contributed by atoms with Crippen LogP contribution in [0.3, 0.4) is 0 Å². The highest BCUT2D eigenvalue weighted by Crippen LogP contribution is 2.41. The zero-order chi connectivity index (χ0) is 20.8. The highest BCUT2D eigenvalue weighted by atomic mass is 32.2. The number of hydrogen-bond donors (Lipinski definition) is 0. The van der Waals surface area contributed by atoms with Gasteiger partial charge in [0.1, 0.15) is 4.88 Å². The lowest BCUT2D eigenvalue weighted by molar-refractivity contribution is 0.0702. The molecule has 0 bridgehead atoms. The van der Waals surface area contributed by atoms with Crippen LogP contribution >= 0.6 is 11.3 Å². The molecule has 2 aromatic rings. The molecule has 0 N–H and O–H groups in total. The molecular weight excluding hydrogens is 406 g/mol. The molecule has 1 saturated carbocycles. The van der Waals surface area contributed by atoms with Crippen molar-refractivity contribution in [3.63, 3.8) is 0 Å². The number of hydrogen-bond acceptors (Lipinski definition) is 5. The molecule has 1 aliphatic carbocycles. The van der Waals surface area contributed by atoms with Crippen LogP contribution in [0.2, 0.25) is 0 Å². The minimum atomic E-state index is -3.55. The Morgan fingerprint density at radius 2 is 1.69 bits per heavy atom. The number of thiazole rings is 1. The summed E-state index contributed by atoms with van der Waals surface area (Å²) in [6.07, 6.45) is 3.99. The zero-order valence-corrected chi connectivity index (χ0v) is 18.7. The van der Waals surface area contributed by atoms with E-state index in [-0.39, 0.29) is 11.3 Å². The number of piperazine rings is 1. The molecule has 2 heterocycles. The molecule has 1 aromatic heterocycles. The normalized spacial score (nSPS) is 18.8.